The summed E-state index contributed by atoms with van der Waals surface area (Å²) in [6.45, 7) is 1.79. The largest absolute Gasteiger partial charge is 0.451 e. The van der Waals surface area contributed by atoms with Crippen LogP contribution in [0.2, 0.25) is 0 Å². The highest BCUT2D eigenvalue weighted by Gasteiger charge is 2.23. The number of nitro benzene ring substituents is 1. The molecule has 0 unspecified atom stereocenters. The average molecular weight is 376 g/mol. The van der Waals surface area contributed by atoms with E-state index in [-0.39, 0.29) is 24.2 Å². The standard InChI is InChI=1S/C18H20N2O5S/c1-11-4-2-3-5-14(11)19-17(21)10-25-18(22)16-9-12-8-13(20(23)24)6-7-15(12)26-16/h6-9,11,14H,2-5,10H2,1H3,(H,19,21)/t11-,14-/m0/s1. The number of nitro groups is 1. The second kappa shape index (κ2) is 7.82. The Kier molecular flexibility index (Phi) is 5.51. The third-order valence-corrected chi connectivity index (χ3v) is 5.80. The zero-order valence-electron chi connectivity index (χ0n) is 14.4. The van der Waals surface area contributed by atoms with Gasteiger partial charge < -0.3 is 10.1 Å². The number of benzene rings is 1. The number of fused-ring (bicyclic) bond motifs is 1. The van der Waals surface area contributed by atoms with Gasteiger partial charge in [-0.15, -0.1) is 11.3 Å². The summed E-state index contributed by atoms with van der Waals surface area (Å²) in [5.41, 5.74) is -0.0313. The maximum atomic E-state index is 12.2. The Morgan fingerprint density at radius 3 is 2.81 bits per heavy atom. The molecule has 2 atom stereocenters. The van der Waals surface area contributed by atoms with Crippen LogP contribution >= 0.6 is 11.3 Å². The van der Waals surface area contributed by atoms with Gasteiger partial charge in [0.1, 0.15) is 4.88 Å². The molecule has 0 saturated heterocycles. The van der Waals surface area contributed by atoms with Crippen molar-refractivity contribution < 1.29 is 19.2 Å². The molecule has 26 heavy (non-hydrogen) atoms. The van der Waals surface area contributed by atoms with Crippen molar-refractivity contribution in [2.45, 2.75) is 38.6 Å². The van der Waals surface area contributed by atoms with Gasteiger partial charge in [-0.3, -0.25) is 14.9 Å². The molecule has 1 aromatic carbocycles. The van der Waals surface area contributed by atoms with E-state index in [0.29, 0.717) is 16.2 Å². The fourth-order valence-corrected chi connectivity index (χ4v) is 4.16. The molecule has 8 heteroatoms. The Labute approximate surface area is 154 Å². The molecule has 1 N–H and O–H groups in total. The lowest BCUT2D eigenvalue weighted by Crippen LogP contribution is -2.42. The van der Waals surface area contributed by atoms with E-state index in [2.05, 4.69) is 12.2 Å². The number of esters is 1. The number of thiophene rings is 1. The number of nitrogens with one attached hydrogen (secondary N) is 1. The summed E-state index contributed by atoms with van der Waals surface area (Å²) in [4.78, 5) is 34.9. The van der Waals surface area contributed by atoms with Crippen LogP contribution in [0.3, 0.4) is 0 Å². The molecule has 0 aliphatic heterocycles. The van der Waals surface area contributed by atoms with E-state index in [1.807, 2.05) is 0 Å². The second-order valence-corrected chi connectivity index (χ2v) is 7.69. The molecule has 1 heterocycles. The maximum absolute atomic E-state index is 12.2. The predicted octanol–water partition coefficient (Wildman–Crippen LogP) is 3.66. The minimum absolute atomic E-state index is 0.0313. The molecule has 0 spiro atoms. The zero-order chi connectivity index (χ0) is 18.7. The Balaban J connectivity index is 1.58. The van der Waals surface area contributed by atoms with Gasteiger partial charge in [0.25, 0.3) is 11.6 Å². The highest BCUT2D eigenvalue weighted by molar-refractivity contribution is 7.20. The topological polar surface area (TPSA) is 98.5 Å². The molecular formula is C18H20N2O5S. The molecule has 3 rings (SSSR count). The van der Waals surface area contributed by atoms with E-state index >= 15 is 0 Å². The Morgan fingerprint density at radius 1 is 1.31 bits per heavy atom. The van der Waals surface area contributed by atoms with Gasteiger partial charge in [-0.05, 0) is 30.9 Å². The minimum atomic E-state index is -0.597. The Hall–Kier alpha value is -2.48. The molecule has 0 radical (unpaired) electrons. The van der Waals surface area contributed by atoms with E-state index in [4.69, 9.17) is 4.74 Å². The number of ether oxygens (including phenoxy) is 1. The first-order valence-electron chi connectivity index (χ1n) is 8.58. The molecule has 138 valence electrons. The van der Waals surface area contributed by atoms with Crippen LogP contribution in [0.4, 0.5) is 5.69 Å². The smallest absolute Gasteiger partial charge is 0.348 e. The summed E-state index contributed by atoms with van der Waals surface area (Å²) in [7, 11) is 0. The molecule has 1 fully saturated rings. The SMILES string of the molecule is C[C@H]1CCCC[C@@H]1NC(=O)COC(=O)c1cc2cc([N+](=O)[O-])ccc2s1. The highest BCUT2D eigenvalue weighted by atomic mass is 32.1. The van der Waals surface area contributed by atoms with Crippen molar-refractivity contribution in [3.8, 4) is 0 Å². The lowest BCUT2D eigenvalue weighted by Gasteiger charge is -2.29. The first-order chi connectivity index (χ1) is 12.4. The van der Waals surface area contributed by atoms with Crippen LogP contribution in [0.1, 0.15) is 42.3 Å². The lowest BCUT2D eigenvalue weighted by atomic mass is 9.86. The molecule has 2 aromatic rings. The average Bonchev–Trinajstić information content (AvgIpc) is 3.05. The lowest BCUT2D eigenvalue weighted by molar-refractivity contribution is -0.384. The Morgan fingerprint density at radius 2 is 2.08 bits per heavy atom. The molecule has 7 nitrogen and oxygen atoms in total. The number of rotatable bonds is 5. The summed E-state index contributed by atoms with van der Waals surface area (Å²) < 4.78 is 5.85. The van der Waals surface area contributed by atoms with Crippen LogP contribution in [0, 0.1) is 16.0 Å². The number of carbonyl (C=O) groups excluding carboxylic acids is 2. The molecular weight excluding hydrogens is 356 g/mol. The number of amides is 1. The summed E-state index contributed by atoms with van der Waals surface area (Å²) in [5, 5.41) is 14.4. The molecule has 1 aliphatic rings. The fraction of sp³-hybridized carbons (Fsp3) is 0.444. The highest BCUT2D eigenvalue weighted by Crippen LogP contribution is 2.29. The summed E-state index contributed by atoms with van der Waals surface area (Å²) in [6.07, 6.45) is 4.34. The predicted molar refractivity (Wildman–Crippen MR) is 98.3 cm³/mol. The normalized spacial score (nSPS) is 19.9. The number of non-ortho nitro benzene ring substituents is 1. The third-order valence-electron chi connectivity index (χ3n) is 4.70. The first kappa shape index (κ1) is 18.3. The molecule has 1 saturated carbocycles. The number of nitrogens with zero attached hydrogens (tertiary/aromatic N) is 1. The monoisotopic (exact) mass is 376 g/mol. The van der Waals surface area contributed by atoms with Crippen LogP contribution in [-0.2, 0) is 9.53 Å². The Bertz CT molecular complexity index is 847. The molecule has 0 bridgehead atoms. The van der Waals surface area contributed by atoms with E-state index in [1.54, 1.807) is 12.1 Å². The third kappa shape index (κ3) is 4.19. The van der Waals surface area contributed by atoms with Crippen molar-refractivity contribution in [2.75, 3.05) is 6.61 Å². The molecule has 1 aromatic heterocycles. The summed E-state index contributed by atoms with van der Waals surface area (Å²) in [6, 6.07) is 6.11. The molecule has 1 amide bonds. The van der Waals surface area contributed by atoms with Crippen molar-refractivity contribution in [2.24, 2.45) is 5.92 Å². The van der Waals surface area contributed by atoms with Crippen LogP contribution < -0.4 is 5.32 Å². The van der Waals surface area contributed by atoms with Gasteiger partial charge in [-0.2, -0.15) is 0 Å². The van der Waals surface area contributed by atoms with Crippen molar-refractivity contribution >= 4 is 39.0 Å². The van der Waals surface area contributed by atoms with Gasteiger partial charge >= 0.3 is 5.97 Å². The first-order valence-corrected chi connectivity index (χ1v) is 9.40. The van der Waals surface area contributed by atoms with E-state index in [1.165, 1.54) is 29.9 Å². The summed E-state index contributed by atoms with van der Waals surface area (Å²) in [5.74, 6) is -0.462. The number of hydrogen-bond donors (Lipinski definition) is 1. The van der Waals surface area contributed by atoms with Gasteiger partial charge in [0, 0.05) is 28.3 Å². The second-order valence-electron chi connectivity index (χ2n) is 6.60. The molecule has 1 aliphatic carbocycles. The van der Waals surface area contributed by atoms with E-state index < -0.39 is 10.9 Å². The van der Waals surface area contributed by atoms with Crippen molar-refractivity contribution in [3.63, 3.8) is 0 Å². The van der Waals surface area contributed by atoms with E-state index in [9.17, 15) is 19.7 Å². The van der Waals surface area contributed by atoms with Crippen molar-refractivity contribution in [3.05, 3.63) is 39.3 Å². The number of carbonyl (C=O) groups is 2. The van der Waals surface area contributed by atoms with Crippen LogP contribution in [-0.4, -0.2) is 29.4 Å². The van der Waals surface area contributed by atoms with E-state index in [0.717, 1.165) is 24.0 Å². The van der Waals surface area contributed by atoms with Gasteiger partial charge in [-0.1, -0.05) is 19.8 Å². The van der Waals surface area contributed by atoms with Crippen LogP contribution in [0.5, 0.6) is 0 Å². The fourth-order valence-electron chi connectivity index (χ4n) is 3.23. The van der Waals surface area contributed by atoms with Gasteiger partial charge in [0.05, 0.1) is 4.92 Å². The van der Waals surface area contributed by atoms with Crippen LogP contribution in [0.25, 0.3) is 10.1 Å². The summed E-state index contributed by atoms with van der Waals surface area (Å²) >= 11 is 1.18. The zero-order valence-corrected chi connectivity index (χ0v) is 15.2. The van der Waals surface area contributed by atoms with Gasteiger partial charge in [0.15, 0.2) is 6.61 Å². The van der Waals surface area contributed by atoms with Gasteiger partial charge in [-0.25, -0.2) is 4.79 Å². The van der Waals surface area contributed by atoms with Crippen molar-refractivity contribution in [1.82, 2.24) is 5.32 Å². The quantitative estimate of drug-likeness (QED) is 0.488. The minimum Gasteiger partial charge on any atom is -0.451 e. The maximum Gasteiger partial charge on any atom is 0.348 e. The van der Waals surface area contributed by atoms with Crippen molar-refractivity contribution in [1.29, 1.82) is 0 Å². The van der Waals surface area contributed by atoms with Crippen LogP contribution in [0.15, 0.2) is 24.3 Å². The van der Waals surface area contributed by atoms with Gasteiger partial charge in [0.2, 0.25) is 0 Å². The number of hydrogen-bond acceptors (Lipinski definition) is 6.